The van der Waals surface area contributed by atoms with Crippen LogP contribution in [0, 0.1) is 17.5 Å². The molecule has 0 aromatic heterocycles. The highest BCUT2D eigenvalue weighted by Gasteiger charge is 2.49. The molecule has 0 fully saturated rings. The van der Waals surface area contributed by atoms with Gasteiger partial charge in [0, 0.05) is 14.1 Å². The Morgan fingerprint density at radius 2 is 1.36 bits per heavy atom. The maximum absolute atomic E-state index is 15.4. The number of alkyl halides is 2. The normalized spacial score (nSPS) is 17.2. The third kappa shape index (κ3) is 6.34. The molecule has 1 atom stereocenters. The highest BCUT2D eigenvalue weighted by Crippen LogP contribution is 2.50. The van der Waals surface area contributed by atoms with E-state index in [1.54, 1.807) is 0 Å². The van der Waals surface area contributed by atoms with E-state index in [-0.39, 0.29) is 11.6 Å². The van der Waals surface area contributed by atoms with Gasteiger partial charge in [0.2, 0.25) is 5.82 Å². The molecule has 1 aliphatic carbocycles. The minimum absolute atomic E-state index is 0.0632. The summed E-state index contributed by atoms with van der Waals surface area (Å²) in [6, 6.07) is 6.67. The van der Waals surface area contributed by atoms with Crippen LogP contribution < -0.4 is 4.43 Å². The van der Waals surface area contributed by atoms with Crippen LogP contribution in [0.4, 0.5) is 26.3 Å². The van der Waals surface area contributed by atoms with E-state index in [0.717, 1.165) is 36.6 Å². The molecule has 0 radical (unpaired) electrons. The molecular formula is C26H42F6OSi3. The van der Waals surface area contributed by atoms with Crippen LogP contribution in [0.5, 0.6) is 5.75 Å². The van der Waals surface area contributed by atoms with E-state index < -0.39 is 70.5 Å². The first-order valence-corrected chi connectivity index (χ1v) is 22.1. The highest BCUT2D eigenvalue weighted by atomic mass is 28.4. The Morgan fingerprint density at radius 1 is 0.806 bits per heavy atom. The van der Waals surface area contributed by atoms with E-state index in [4.69, 9.17) is 4.43 Å². The molecule has 206 valence electrons. The molecule has 10 heteroatoms. The molecule has 2 rings (SSSR count). The summed E-state index contributed by atoms with van der Waals surface area (Å²) in [6.45, 7) is 17.2. The zero-order chi connectivity index (χ0) is 27.7. The van der Waals surface area contributed by atoms with Crippen LogP contribution >= 0.6 is 0 Å². The van der Waals surface area contributed by atoms with E-state index in [0.29, 0.717) is 12.1 Å². The number of benzene rings is 1. The minimum Gasteiger partial charge on any atom is -0.539 e. The summed E-state index contributed by atoms with van der Waals surface area (Å²) in [5, 5.41) is 0. The second-order valence-corrected chi connectivity index (χ2v) is 27.7. The molecule has 0 saturated heterocycles. The lowest BCUT2D eigenvalue weighted by Gasteiger charge is -2.39. The summed E-state index contributed by atoms with van der Waals surface area (Å²) >= 11 is 0. The summed E-state index contributed by atoms with van der Waals surface area (Å²) in [5.41, 5.74) is -2.88. The quantitative estimate of drug-likeness (QED) is 0.131. The van der Waals surface area contributed by atoms with Crippen LogP contribution in [0.3, 0.4) is 0 Å². The average Bonchev–Trinajstić information content (AvgIpc) is 3.03. The lowest BCUT2D eigenvalue weighted by molar-refractivity contribution is 0.0502. The fraction of sp³-hybridized carbons (Fsp3) is 0.692. The molecule has 0 bridgehead atoms. The fourth-order valence-corrected chi connectivity index (χ4v) is 17.1. The zero-order valence-electron chi connectivity index (χ0n) is 23.0. The van der Waals surface area contributed by atoms with Gasteiger partial charge in [-0.2, -0.15) is 13.2 Å². The minimum atomic E-state index is -4.12. The molecule has 0 N–H and O–H groups in total. The van der Waals surface area contributed by atoms with Gasteiger partial charge in [0.15, 0.2) is 17.4 Å². The molecule has 1 aliphatic rings. The van der Waals surface area contributed by atoms with E-state index >= 15 is 8.78 Å². The molecule has 0 amide bonds. The second-order valence-electron chi connectivity index (χ2n) is 11.9. The number of hydrogen-bond acceptors (Lipinski definition) is 1. The van der Waals surface area contributed by atoms with Crippen LogP contribution in [-0.2, 0) is 5.92 Å². The Bertz CT molecular complexity index is 961. The molecule has 1 nitrogen and oxygen atoms in total. The topological polar surface area (TPSA) is 9.23 Å². The van der Waals surface area contributed by atoms with Crippen molar-refractivity contribution < 1.29 is 30.8 Å². The maximum atomic E-state index is 15.4. The largest absolute Gasteiger partial charge is 0.539 e. The van der Waals surface area contributed by atoms with Gasteiger partial charge in [-0.15, -0.1) is 0 Å². The first kappa shape index (κ1) is 31.2. The maximum Gasteiger partial charge on any atom is 0.298 e. The van der Waals surface area contributed by atoms with Gasteiger partial charge in [-0.3, -0.25) is 0 Å². The van der Waals surface area contributed by atoms with Crippen LogP contribution in [0.2, 0.25) is 67.5 Å². The van der Waals surface area contributed by atoms with Crippen molar-refractivity contribution in [3.63, 3.8) is 0 Å². The zero-order valence-corrected chi connectivity index (χ0v) is 26.0. The molecule has 0 spiro atoms. The van der Waals surface area contributed by atoms with E-state index in [2.05, 4.69) is 40.4 Å². The fourth-order valence-electron chi connectivity index (χ4n) is 5.32. The Morgan fingerprint density at radius 3 is 1.83 bits per heavy atom. The van der Waals surface area contributed by atoms with Crippen LogP contribution in [0.15, 0.2) is 6.08 Å². The smallest absolute Gasteiger partial charge is 0.298 e. The van der Waals surface area contributed by atoms with Crippen molar-refractivity contribution in [1.82, 2.24) is 0 Å². The Balaban J connectivity index is 2.57. The third-order valence-electron chi connectivity index (χ3n) is 8.37. The SMILES string of the molecule is CC[Si](CC)(CC)CCC[Si](CC[Si](C)(C)C)(Oc1c(F)c(F)c2c(c1F)C(F)=CC2(F)F)C(C)C. The van der Waals surface area contributed by atoms with Gasteiger partial charge in [0.05, 0.1) is 19.2 Å². The predicted octanol–water partition coefficient (Wildman–Crippen LogP) is 10.5. The van der Waals surface area contributed by atoms with Crippen molar-refractivity contribution in [3.05, 3.63) is 34.7 Å². The van der Waals surface area contributed by atoms with Gasteiger partial charge in [0.1, 0.15) is 5.83 Å². The van der Waals surface area contributed by atoms with E-state index in [9.17, 15) is 17.6 Å². The molecule has 1 aromatic rings. The van der Waals surface area contributed by atoms with Crippen LogP contribution in [-0.4, -0.2) is 24.5 Å². The van der Waals surface area contributed by atoms with Crippen molar-refractivity contribution in [3.8, 4) is 5.75 Å². The van der Waals surface area contributed by atoms with Crippen molar-refractivity contribution in [2.75, 3.05) is 0 Å². The number of hydrogen-bond donors (Lipinski definition) is 0. The average molecular weight is 569 g/mol. The van der Waals surface area contributed by atoms with Gasteiger partial charge in [-0.1, -0.05) is 90.9 Å². The first-order valence-electron chi connectivity index (χ1n) is 13.2. The highest BCUT2D eigenvalue weighted by molar-refractivity contribution is 6.82. The molecule has 1 unspecified atom stereocenters. The molecule has 0 aliphatic heterocycles. The van der Waals surface area contributed by atoms with Gasteiger partial charge < -0.3 is 4.43 Å². The van der Waals surface area contributed by atoms with E-state index in [1.165, 1.54) is 0 Å². The lowest BCUT2D eigenvalue weighted by Crippen LogP contribution is -2.47. The van der Waals surface area contributed by atoms with Crippen molar-refractivity contribution in [2.45, 2.75) is 114 Å². The summed E-state index contributed by atoms with van der Waals surface area (Å²) < 4.78 is 94.2. The number of halogens is 6. The lowest BCUT2D eigenvalue weighted by atomic mass is 10.1. The Kier molecular flexibility index (Phi) is 9.87. The monoisotopic (exact) mass is 568 g/mol. The summed E-state index contributed by atoms with van der Waals surface area (Å²) in [6.07, 6.45) is 0.677. The Labute approximate surface area is 215 Å². The van der Waals surface area contributed by atoms with Crippen LogP contribution in [0.25, 0.3) is 5.83 Å². The summed E-state index contributed by atoms with van der Waals surface area (Å²) in [5.74, 6) is -12.1. The number of rotatable bonds is 13. The van der Waals surface area contributed by atoms with Gasteiger partial charge >= 0.3 is 0 Å². The van der Waals surface area contributed by atoms with Crippen molar-refractivity contribution >= 4 is 30.3 Å². The standard InChI is InChI=1S/C26H42F6OSi3/c1-9-35(10-2,11-3)13-12-14-36(18(4)5,16-15-34(6,7)8)33-25-22(28)20-19(27)17-26(31,32)21(20)23(29)24(25)30/h17-18H,9-16H2,1-8H3. The van der Waals surface area contributed by atoms with Crippen molar-refractivity contribution in [2.24, 2.45) is 0 Å². The van der Waals surface area contributed by atoms with Gasteiger partial charge in [0.25, 0.3) is 14.2 Å². The van der Waals surface area contributed by atoms with E-state index in [1.807, 2.05) is 13.8 Å². The summed E-state index contributed by atoms with van der Waals surface area (Å²) in [7, 11) is -5.98. The molecule has 0 heterocycles. The molecule has 1 aromatic carbocycles. The summed E-state index contributed by atoms with van der Waals surface area (Å²) in [4.78, 5) is 0. The molecule has 36 heavy (non-hydrogen) atoms. The molecular weight excluding hydrogens is 527 g/mol. The first-order chi connectivity index (χ1) is 16.5. The van der Waals surface area contributed by atoms with Gasteiger partial charge in [-0.25, -0.2) is 13.2 Å². The predicted molar refractivity (Wildman–Crippen MR) is 145 cm³/mol. The Hall–Kier alpha value is -1.01. The number of allylic oxidation sites excluding steroid dienone is 1. The second kappa shape index (κ2) is 11.4. The number of fused-ring (bicyclic) bond motifs is 1. The third-order valence-corrected chi connectivity index (χ3v) is 21.5. The van der Waals surface area contributed by atoms with Crippen molar-refractivity contribution in [1.29, 1.82) is 0 Å². The van der Waals surface area contributed by atoms with Crippen LogP contribution in [0.1, 0.15) is 52.2 Å². The van der Waals surface area contributed by atoms with Gasteiger partial charge in [-0.05, 0) is 17.6 Å². The molecule has 0 saturated carbocycles.